The lowest BCUT2D eigenvalue weighted by molar-refractivity contribution is -0.163. The third-order valence-electron chi connectivity index (χ3n) is 3.48. The number of anilines is 1. The van der Waals surface area contributed by atoms with Crippen LogP contribution in [0.3, 0.4) is 0 Å². The smallest absolute Gasteiger partial charge is 0.321 e. The fourth-order valence-corrected chi connectivity index (χ4v) is 2.30. The summed E-state index contributed by atoms with van der Waals surface area (Å²) in [7, 11) is 0. The van der Waals surface area contributed by atoms with Gasteiger partial charge in [0.15, 0.2) is 11.7 Å². The summed E-state index contributed by atoms with van der Waals surface area (Å²) in [6, 6.07) is 6.20. The van der Waals surface area contributed by atoms with E-state index >= 15 is 0 Å². The van der Waals surface area contributed by atoms with Gasteiger partial charge in [-0.05, 0) is 38.1 Å². The number of carbonyl (C=O) groups excluding carboxylic acids is 4. The van der Waals surface area contributed by atoms with Crippen molar-refractivity contribution in [2.75, 3.05) is 18.5 Å². The van der Waals surface area contributed by atoms with E-state index in [1.807, 2.05) is 0 Å². The molecular weight excluding hydrogens is 326 g/mol. The van der Waals surface area contributed by atoms with Gasteiger partial charge in [0.05, 0.1) is 13.2 Å². The molecule has 25 heavy (non-hydrogen) atoms. The average Bonchev–Trinajstić information content (AvgIpc) is 2.55. The number of benzene rings is 1. The van der Waals surface area contributed by atoms with Crippen molar-refractivity contribution in [2.24, 2.45) is 11.8 Å². The Bertz CT molecular complexity index is 619. The topological polar surface area (TPSA) is 98.8 Å². The normalized spacial score (nSPS) is 11.6. The molecule has 0 bridgehead atoms. The van der Waals surface area contributed by atoms with Crippen molar-refractivity contribution < 1.29 is 28.7 Å². The molecule has 0 spiro atoms. The minimum atomic E-state index is -1.32. The fourth-order valence-electron chi connectivity index (χ4n) is 2.30. The molecular formula is C18H23NO6. The largest absolute Gasteiger partial charge is 0.465 e. The summed E-state index contributed by atoms with van der Waals surface area (Å²) < 4.78 is 9.80. The van der Waals surface area contributed by atoms with Crippen LogP contribution < -0.4 is 5.32 Å². The highest BCUT2D eigenvalue weighted by atomic mass is 16.6. The van der Waals surface area contributed by atoms with Gasteiger partial charge in [0.2, 0.25) is 5.91 Å². The molecule has 1 aromatic carbocycles. The summed E-state index contributed by atoms with van der Waals surface area (Å²) >= 11 is 0. The van der Waals surface area contributed by atoms with E-state index in [1.165, 1.54) is 26.0 Å². The van der Waals surface area contributed by atoms with Crippen LogP contribution in [0.4, 0.5) is 5.69 Å². The van der Waals surface area contributed by atoms with Gasteiger partial charge >= 0.3 is 11.9 Å². The lowest BCUT2D eigenvalue weighted by atomic mass is 9.87. The first-order valence-corrected chi connectivity index (χ1v) is 8.06. The second-order valence-corrected chi connectivity index (χ2v) is 5.39. The third kappa shape index (κ3) is 5.70. The molecule has 0 aliphatic rings. The SMILES string of the molecule is CCOC(=O)C(C(=O)OCC)[C@@H](C)C(=O)c1ccc(NC(C)=O)cc1. The van der Waals surface area contributed by atoms with E-state index in [9.17, 15) is 19.2 Å². The van der Waals surface area contributed by atoms with Gasteiger partial charge < -0.3 is 14.8 Å². The third-order valence-corrected chi connectivity index (χ3v) is 3.48. The summed E-state index contributed by atoms with van der Waals surface area (Å²) in [6.45, 7) is 6.30. The predicted octanol–water partition coefficient (Wildman–Crippen LogP) is 2.21. The van der Waals surface area contributed by atoms with Crippen molar-refractivity contribution in [1.29, 1.82) is 0 Å². The first-order valence-electron chi connectivity index (χ1n) is 8.06. The van der Waals surface area contributed by atoms with Gasteiger partial charge in [-0.2, -0.15) is 0 Å². The number of hydrogen-bond donors (Lipinski definition) is 1. The molecule has 1 amide bonds. The first-order chi connectivity index (χ1) is 11.8. The molecule has 0 aliphatic carbocycles. The zero-order valence-corrected chi connectivity index (χ0v) is 14.8. The van der Waals surface area contributed by atoms with E-state index in [4.69, 9.17) is 9.47 Å². The number of carbonyl (C=O) groups is 4. The van der Waals surface area contributed by atoms with Gasteiger partial charge in [-0.3, -0.25) is 19.2 Å². The van der Waals surface area contributed by atoms with Crippen molar-refractivity contribution >= 4 is 29.3 Å². The molecule has 0 aromatic heterocycles. The lowest BCUT2D eigenvalue weighted by Crippen LogP contribution is -2.37. The van der Waals surface area contributed by atoms with E-state index in [-0.39, 0.29) is 24.9 Å². The molecule has 7 heteroatoms. The number of amides is 1. The van der Waals surface area contributed by atoms with Crippen LogP contribution in [-0.4, -0.2) is 36.8 Å². The minimum Gasteiger partial charge on any atom is -0.465 e. The van der Waals surface area contributed by atoms with E-state index in [0.717, 1.165) is 0 Å². The first kappa shape index (κ1) is 20.3. The Balaban J connectivity index is 3.00. The molecule has 7 nitrogen and oxygen atoms in total. The van der Waals surface area contributed by atoms with Crippen LogP contribution in [0.2, 0.25) is 0 Å². The fraction of sp³-hybridized carbons (Fsp3) is 0.444. The van der Waals surface area contributed by atoms with Crippen LogP contribution in [0.1, 0.15) is 38.1 Å². The molecule has 0 heterocycles. The maximum absolute atomic E-state index is 12.6. The van der Waals surface area contributed by atoms with Gasteiger partial charge in [0, 0.05) is 24.1 Å². The highest BCUT2D eigenvalue weighted by Gasteiger charge is 2.39. The van der Waals surface area contributed by atoms with Crippen molar-refractivity contribution in [1.82, 2.24) is 0 Å². The standard InChI is InChI=1S/C18H23NO6/c1-5-24-17(22)15(18(23)25-6-2)11(3)16(21)13-7-9-14(10-8-13)19-12(4)20/h7-11,15H,5-6H2,1-4H3,(H,19,20)/t11-/m1/s1. The van der Waals surface area contributed by atoms with Crippen molar-refractivity contribution in [2.45, 2.75) is 27.7 Å². The molecule has 0 radical (unpaired) electrons. The summed E-state index contributed by atoms with van der Waals surface area (Å²) in [4.78, 5) is 47.8. The Morgan fingerprint density at radius 1 is 0.960 bits per heavy atom. The monoisotopic (exact) mass is 349 g/mol. The Hall–Kier alpha value is -2.70. The van der Waals surface area contributed by atoms with Crippen LogP contribution in [0.25, 0.3) is 0 Å². The van der Waals surface area contributed by atoms with Crippen LogP contribution >= 0.6 is 0 Å². The minimum absolute atomic E-state index is 0.0983. The van der Waals surface area contributed by atoms with E-state index in [0.29, 0.717) is 11.3 Å². The number of nitrogens with one attached hydrogen (secondary N) is 1. The zero-order valence-electron chi connectivity index (χ0n) is 14.8. The second-order valence-electron chi connectivity index (χ2n) is 5.39. The van der Waals surface area contributed by atoms with Gasteiger partial charge in [0.1, 0.15) is 0 Å². The Kier molecular flexibility index (Phi) is 7.78. The molecule has 0 unspecified atom stereocenters. The lowest BCUT2D eigenvalue weighted by Gasteiger charge is -2.20. The van der Waals surface area contributed by atoms with Gasteiger partial charge in [0.25, 0.3) is 0 Å². The summed E-state index contributed by atoms with van der Waals surface area (Å²) in [5, 5.41) is 2.59. The van der Waals surface area contributed by atoms with Crippen LogP contribution in [0.5, 0.6) is 0 Å². The maximum Gasteiger partial charge on any atom is 0.321 e. The van der Waals surface area contributed by atoms with Crippen molar-refractivity contribution in [3.8, 4) is 0 Å². The highest BCUT2D eigenvalue weighted by Crippen LogP contribution is 2.22. The predicted molar refractivity (Wildman–Crippen MR) is 91.0 cm³/mol. The molecule has 136 valence electrons. The van der Waals surface area contributed by atoms with Crippen LogP contribution in [0, 0.1) is 11.8 Å². The molecule has 1 N–H and O–H groups in total. The summed E-state index contributed by atoms with van der Waals surface area (Å²) in [5.74, 6) is -4.43. The Morgan fingerprint density at radius 3 is 1.84 bits per heavy atom. The average molecular weight is 349 g/mol. The number of esters is 2. The maximum atomic E-state index is 12.6. The van der Waals surface area contributed by atoms with Crippen molar-refractivity contribution in [3.63, 3.8) is 0 Å². The Labute approximate surface area is 146 Å². The van der Waals surface area contributed by atoms with Gasteiger partial charge in [-0.25, -0.2) is 0 Å². The summed E-state index contributed by atoms with van der Waals surface area (Å²) in [5.41, 5.74) is 0.865. The number of hydrogen-bond acceptors (Lipinski definition) is 6. The molecule has 1 atom stereocenters. The molecule has 0 saturated carbocycles. The zero-order chi connectivity index (χ0) is 19.0. The van der Waals surface area contributed by atoms with Gasteiger partial charge in [-0.1, -0.05) is 6.92 Å². The number of rotatable bonds is 8. The van der Waals surface area contributed by atoms with Crippen molar-refractivity contribution in [3.05, 3.63) is 29.8 Å². The van der Waals surface area contributed by atoms with E-state index < -0.39 is 23.8 Å². The summed E-state index contributed by atoms with van der Waals surface area (Å²) in [6.07, 6.45) is 0. The number of ketones is 1. The molecule has 0 fully saturated rings. The van der Waals surface area contributed by atoms with Gasteiger partial charge in [-0.15, -0.1) is 0 Å². The quantitative estimate of drug-likeness (QED) is 0.439. The van der Waals surface area contributed by atoms with E-state index in [1.54, 1.807) is 26.0 Å². The highest BCUT2D eigenvalue weighted by molar-refractivity contribution is 6.06. The molecule has 1 aromatic rings. The Morgan fingerprint density at radius 2 is 1.44 bits per heavy atom. The van der Waals surface area contributed by atoms with Crippen LogP contribution in [0.15, 0.2) is 24.3 Å². The van der Waals surface area contributed by atoms with Crippen LogP contribution in [-0.2, 0) is 23.9 Å². The molecule has 0 saturated heterocycles. The van der Waals surface area contributed by atoms with E-state index in [2.05, 4.69) is 5.32 Å². The number of ether oxygens (including phenoxy) is 2. The number of Topliss-reactive ketones (excluding diaryl/α,β-unsaturated/α-hetero) is 1. The molecule has 0 aliphatic heterocycles. The molecule has 1 rings (SSSR count). The second kappa shape index (κ2) is 9.56.